The molecule has 0 atom stereocenters. The molecule has 0 fully saturated rings. The summed E-state index contributed by atoms with van der Waals surface area (Å²) in [5.74, 6) is 0.540. The van der Waals surface area contributed by atoms with Gasteiger partial charge in [-0.1, -0.05) is 11.3 Å². The molecule has 12 heavy (non-hydrogen) atoms. The first kappa shape index (κ1) is 9.70. The van der Waals surface area contributed by atoms with Crippen molar-refractivity contribution >= 4 is 28.1 Å². The third-order valence-electron chi connectivity index (χ3n) is 1.10. The molecular formula is C6H10ClN3OS. The minimum atomic E-state index is 0.540. The van der Waals surface area contributed by atoms with Crippen LogP contribution in [0.2, 0.25) is 0 Å². The molecule has 0 unspecified atom stereocenters. The minimum absolute atomic E-state index is 0.540. The number of rotatable bonds is 6. The molecule has 0 saturated heterocycles. The van der Waals surface area contributed by atoms with Crippen LogP contribution in [0.1, 0.15) is 0 Å². The summed E-state index contributed by atoms with van der Waals surface area (Å²) in [6.07, 6.45) is 0. The van der Waals surface area contributed by atoms with E-state index in [1.165, 1.54) is 11.3 Å². The Labute approximate surface area is 79.9 Å². The van der Waals surface area contributed by atoms with Gasteiger partial charge in [-0.3, -0.25) is 0 Å². The first-order valence-corrected chi connectivity index (χ1v) is 4.98. The number of hydrogen-bond acceptors (Lipinski definition) is 5. The van der Waals surface area contributed by atoms with Gasteiger partial charge in [-0.2, -0.15) is 0 Å². The van der Waals surface area contributed by atoms with Crippen molar-refractivity contribution in [3.8, 4) is 0 Å². The lowest BCUT2D eigenvalue weighted by Crippen LogP contribution is -2.10. The molecule has 0 aromatic carbocycles. The molecule has 68 valence electrons. The van der Waals surface area contributed by atoms with Gasteiger partial charge in [-0.05, 0) is 0 Å². The van der Waals surface area contributed by atoms with Crippen LogP contribution in [-0.4, -0.2) is 35.8 Å². The maximum atomic E-state index is 5.41. The third kappa shape index (κ3) is 3.85. The Morgan fingerprint density at radius 1 is 1.58 bits per heavy atom. The van der Waals surface area contributed by atoms with Crippen LogP contribution in [0.25, 0.3) is 0 Å². The molecule has 0 bridgehead atoms. The molecule has 1 rings (SSSR count). The molecule has 0 amide bonds. The van der Waals surface area contributed by atoms with Crippen molar-refractivity contribution in [2.24, 2.45) is 0 Å². The second-order valence-corrected chi connectivity index (χ2v) is 3.18. The normalized spacial score (nSPS) is 10.1. The summed E-state index contributed by atoms with van der Waals surface area (Å²) in [5, 5.41) is 11.4. The van der Waals surface area contributed by atoms with Crippen LogP contribution in [0.3, 0.4) is 0 Å². The van der Waals surface area contributed by atoms with Gasteiger partial charge < -0.3 is 10.1 Å². The largest absolute Gasteiger partial charge is 0.378 e. The number of aromatic nitrogens is 2. The second kappa shape index (κ2) is 6.16. The average molecular weight is 208 g/mol. The van der Waals surface area contributed by atoms with Crippen LogP contribution in [0.5, 0.6) is 0 Å². The van der Waals surface area contributed by atoms with Crippen LogP contribution in [0.15, 0.2) is 5.51 Å². The lowest BCUT2D eigenvalue weighted by atomic mass is 10.7. The van der Waals surface area contributed by atoms with Crippen molar-refractivity contribution in [1.29, 1.82) is 0 Å². The quantitative estimate of drug-likeness (QED) is 0.563. The molecule has 0 aliphatic carbocycles. The van der Waals surface area contributed by atoms with E-state index >= 15 is 0 Å². The van der Waals surface area contributed by atoms with E-state index < -0.39 is 0 Å². The van der Waals surface area contributed by atoms with Crippen molar-refractivity contribution in [3.05, 3.63) is 5.51 Å². The Balaban J connectivity index is 1.96. The Kier molecular flexibility index (Phi) is 4.98. The van der Waals surface area contributed by atoms with Gasteiger partial charge in [0.05, 0.1) is 13.2 Å². The number of anilines is 1. The smallest absolute Gasteiger partial charge is 0.205 e. The van der Waals surface area contributed by atoms with Crippen LogP contribution >= 0.6 is 22.9 Å². The van der Waals surface area contributed by atoms with E-state index in [-0.39, 0.29) is 0 Å². The van der Waals surface area contributed by atoms with Gasteiger partial charge in [-0.15, -0.1) is 21.8 Å². The maximum Gasteiger partial charge on any atom is 0.205 e. The summed E-state index contributed by atoms with van der Waals surface area (Å²) in [6.45, 7) is 1.98. The Morgan fingerprint density at radius 3 is 3.17 bits per heavy atom. The predicted octanol–water partition coefficient (Wildman–Crippen LogP) is 1.21. The third-order valence-corrected chi connectivity index (χ3v) is 1.91. The standard InChI is InChI=1S/C6H10ClN3OS/c7-1-3-11-4-2-8-6-10-9-5-12-6/h5H,1-4H2,(H,8,10). The minimum Gasteiger partial charge on any atom is -0.378 e. The van der Waals surface area contributed by atoms with Gasteiger partial charge in [-0.25, -0.2) is 0 Å². The monoisotopic (exact) mass is 207 g/mol. The van der Waals surface area contributed by atoms with Gasteiger partial charge in [0, 0.05) is 12.4 Å². The highest BCUT2D eigenvalue weighted by atomic mass is 35.5. The molecule has 0 radical (unpaired) electrons. The number of nitrogens with zero attached hydrogens (tertiary/aromatic N) is 2. The number of hydrogen-bond donors (Lipinski definition) is 1. The van der Waals surface area contributed by atoms with Crippen LogP contribution in [0, 0.1) is 0 Å². The average Bonchev–Trinajstić information content (AvgIpc) is 2.57. The van der Waals surface area contributed by atoms with Gasteiger partial charge in [0.2, 0.25) is 5.13 Å². The molecule has 0 saturated carbocycles. The van der Waals surface area contributed by atoms with E-state index in [0.29, 0.717) is 19.1 Å². The summed E-state index contributed by atoms with van der Waals surface area (Å²) in [4.78, 5) is 0. The second-order valence-electron chi connectivity index (χ2n) is 1.97. The lowest BCUT2D eigenvalue weighted by Gasteiger charge is -2.01. The Hall–Kier alpha value is -0.390. The van der Waals surface area contributed by atoms with E-state index in [0.717, 1.165) is 11.7 Å². The van der Waals surface area contributed by atoms with E-state index in [2.05, 4.69) is 15.5 Å². The summed E-state index contributed by atoms with van der Waals surface area (Å²) >= 11 is 6.89. The zero-order valence-corrected chi connectivity index (χ0v) is 8.07. The molecule has 0 spiro atoms. The van der Waals surface area contributed by atoms with Crippen LogP contribution in [-0.2, 0) is 4.74 Å². The molecular weight excluding hydrogens is 198 g/mol. The van der Waals surface area contributed by atoms with Crippen molar-refractivity contribution in [1.82, 2.24) is 10.2 Å². The van der Waals surface area contributed by atoms with E-state index in [1.54, 1.807) is 5.51 Å². The zero-order valence-electron chi connectivity index (χ0n) is 6.49. The fourth-order valence-electron chi connectivity index (χ4n) is 0.637. The number of ether oxygens (including phenoxy) is 1. The van der Waals surface area contributed by atoms with E-state index in [9.17, 15) is 0 Å². The Morgan fingerprint density at radius 2 is 2.50 bits per heavy atom. The predicted molar refractivity (Wildman–Crippen MR) is 49.9 cm³/mol. The molecule has 1 heterocycles. The van der Waals surface area contributed by atoms with Gasteiger partial charge >= 0.3 is 0 Å². The summed E-state index contributed by atoms with van der Waals surface area (Å²) in [6, 6.07) is 0. The molecule has 4 nitrogen and oxygen atoms in total. The first-order chi connectivity index (χ1) is 5.93. The van der Waals surface area contributed by atoms with Crippen molar-refractivity contribution in [2.45, 2.75) is 0 Å². The summed E-state index contributed by atoms with van der Waals surface area (Å²) in [7, 11) is 0. The highest BCUT2D eigenvalue weighted by Crippen LogP contribution is 2.06. The molecule has 6 heteroatoms. The molecule has 1 aromatic rings. The highest BCUT2D eigenvalue weighted by Gasteiger charge is 1.93. The van der Waals surface area contributed by atoms with Gasteiger partial charge in [0.15, 0.2) is 0 Å². The maximum absolute atomic E-state index is 5.41. The molecule has 0 aliphatic heterocycles. The van der Waals surface area contributed by atoms with Crippen LogP contribution in [0.4, 0.5) is 5.13 Å². The Bertz CT molecular complexity index is 195. The topological polar surface area (TPSA) is 47.0 Å². The lowest BCUT2D eigenvalue weighted by molar-refractivity contribution is 0.160. The SMILES string of the molecule is ClCCOCCNc1nncs1. The number of alkyl halides is 1. The van der Waals surface area contributed by atoms with E-state index in [4.69, 9.17) is 16.3 Å². The van der Waals surface area contributed by atoms with E-state index in [1.807, 2.05) is 0 Å². The number of nitrogens with one attached hydrogen (secondary N) is 1. The summed E-state index contributed by atoms with van der Waals surface area (Å²) in [5.41, 5.74) is 1.68. The van der Waals surface area contributed by atoms with Crippen molar-refractivity contribution in [2.75, 3.05) is 31.0 Å². The molecule has 1 aromatic heterocycles. The molecule has 1 N–H and O–H groups in total. The number of halogens is 1. The zero-order chi connectivity index (χ0) is 8.65. The van der Waals surface area contributed by atoms with Crippen LogP contribution < -0.4 is 5.32 Å². The van der Waals surface area contributed by atoms with Gasteiger partial charge in [0.1, 0.15) is 5.51 Å². The highest BCUT2D eigenvalue weighted by molar-refractivity contribution is 7.13. The first-order valence-electron chi connectivity index (χ1n) is 3.57. The summed E-state index contributed by atoms with van der Waals surface area (Å²) < 4.78 is 5.14. The molecule has 0 aliphatic rings. The van der Waals surface area contributed by atoms with Crippen molar-refractivity contribution in [3.63, 3.8) is 0 Å². The fourth-order valence-corrected chi connectivity index (χ4v) is 1.22. The van der Waals surface area contributed by atoms with Gasteiger partial charge in [0.25, 0.3) is 0 Å². The fraction of sp³-hybridized carbons (Fsp3) is 0.667. The van der Waals surface area contributed by atoms with Crippen molar-refractivity contribution < 1.29 is 4.74 Å².